The second kappa shape index (κ2) is 8.22. The molecule has 9 nitrogen and oxygen atoms in total. The molecular weight excluding hydrogens is 332 g/mol. The lowest BCUT2D eigenvalue weighted by Crippen LogP contribution is -2.44. The van der Waals surface area contributed by atoms with E-state index < -0.39 is 0 Å². The van der Waals surface area contributed by atoms with Gasteiger partial charge in [-0.1, -0.05) is 16.8 Å². The summed E-state index contributed by atoms with van der Waals surface area (Å²) in [5.74, 6) is -0.235. The van der Waals surface area contributed by atoms with Crippen LogP contribution in [0.25, 0.3) is 0 Å². The van der Waals surface area contributed by atoms with Crippen LogP contribution in [0.4, 0.5) is 0 Å². The molecule has 1 amide bonds. The lowest BCUT2D eigenvalue weighted by atomic mass is 10.3. The van der Waals surface area contributed by atoms with E-state index in [0.29, 0.717) is 23.8 Å². The molecule has 10 heteroatoms. The Morgan fingerprint density at radius 3 is 2.79 bits per heavy atom. The zero-order valence-electron chi connectivity index (χ0n) is 13.4. The first-order chi connectivity index (χ1) is 11.7. The van der Waals surface area contributed by atoms with Crippen molar-refractivity contribution < 1.29 is 4.79 Å². The normalized spacial score (nSPS) is 15.5. The monoisotopic (exact) mass is 352 g/mol. The van der Waals surface area contributed by atoms with Gasteiger partial charge in [0.2, 0.25) is 0 Å². The van der Waals surface area contributed by atoms with Gasteiger partial charge in [-0.25, -0.2) is 0 Å². The van der Waals surface area contributed by atoms with Crippen molar-refractivity contribution in [3.63, 3.8) is 0 Å². The number of carbonyl (C=O) groups excluding carboxylic acids is 1. The van der Waals surface area contributed by atoms with Crippen molar-refractivity contribution in [1.29, 1.82) is 0 Å². The van der Waals surface area contributed by atoms with Crippen LogP contribution in [0, 0.1) is 0 Å². The zero-order valence-corrected chi connectivity index (χ0v) is 14.1. The third-order valence-corrected chi connectivity index (χ3v) is 4.05. The maximum absolute atomic E-state index is 12.1. The molecule has 1 aliphatic heterocycles. The Morgan fingerprint density at radius 1 is 1.21 bits per heavy atom. The Kier molecular flexibility index (Phi) is 5.78. The molecule has 0 saturated carbocycles. The molecule has 0 unspecified atom stereocenters. The van der Waals surface area contributed by atoms with Gasteiger partial charge in [0.05, 0.1) is 30.5 Å². The van der Waals surface area contributed by atoms with Crippen LogP contribution in [0.15, 0.2) is 18.6 Å². The van der Waals surface area contributed by atoms with Crippen molar-refractivity contribution in [2.75, 3.05) is 39.3 Å². The summed E-state index contributed by atoms with van der Waals surface area (Å²) in [4.78, 5) is 14.4. The van der Waals surface area contributed by atoms with Gasteiger partial charge in [0.15, 0.2) is 5.69 Å². The molecule has 2 N–H and O–H groups in total. The van der Waals surface area contributed by atoms with E-state index in [2.05, 4.69) is 30.9 Å². The van der Waals surface area contributed by atoms with E-state index in [1.54, 1.807) is 28.0 Å². The minimum absolute atomic E-state index is 0.235. The molecule has 24 heavy (non-hydrogen) atoms. The quantitative estimate of drug-likeness (QED) is 0.695. The SMILES string of the molecule is O=C(NCCn1cc(Cl)cn1)c1cn(CCN2CCNCC2)nn1. The summed E-state index contributed by atoms with van der Waals surface area (Å²) in [6.45, 7) is 6.76. The molecule has 2 aromatic heterocycles. The molecule has 1 aliphatic rings. The topological polar surface area (TPSA) is 92.9 Å². The number of hydrogen-bond acceptors (Lipinski definition) is 6. The molecule has 0 aromatic carbocycles. The van der Waals surface area contributed by atoms with Crippen molar-refractivity contribution in [2.24, 2.45) is 0 Å². The highest BCUT2D eigenvalue weighted by Gasteiger charge is 2.12. The second-order valence-corrected chi connectivity index (χ2v) is 6.07. The molecule has 0 radical (unpaired) electrons. The summed E-state index contributed by atoms with van der Waals surface area (Å²) in [5.41, 5.74) is 0.328. The van der Waals surface area contributed by atoms with Crippen molar-refractivity contribution in [1.82, 2.24) is 40.3 Å². The van der Waals surface area contributed by atoms with Crippen LogP contribution in [0.1, 0.15) is 10.5 Å². The summed E-state index contributed by atoms with van der Waals surface area (Å²) in [6.07, 6.45) is 4.95. The Balaban J connectivity index is 1.41. The second-order valence-electron chi connectivity index (χ2n) is 5.64. The molecule has 0 aliphatic carbocycles. The van der Waals surface area contributed by atoms with E-state index in [-0.39, 0.29) is 5.91 Å². The highest BCUT2D eigenvalue weighted by atomic mass is 35.5. The Hall–Kier alpha value is -1.97. The van der Waals surface area contributed by atoms with Crippen LogP contribution in [-0.4, -0.2) is 74.8 Å². The van der Waals surface area contributed by atoms with Crippen molar-refractivity contribution >= 4 is 17.5 Å². The first kappa shape index (κ1) is 16.9. The number of rotatable bonds is 7. The summed E-state index contributed by atoms with van der Waals surface area (Å²) in [7, 11) is 0. The molecular formula is C14H21ClN8O. The number of aromatic nitrogens is 5. The third-order valence-electron chi connectivity index (χ3n) is 3.85. The summed E-state index contributed by atoms with van der Waals surface area (Å²) < 4.78 is 3.39. The number of nitrogens with one attached hydrogen (secondary N) is 2. The van der Waals surface area contributed by atoms with E-state index in [9.17, 15) is 4.79 Å². The van der Waals surface area contributed by atoms with Gasteiger partial charge in [-0.3, -0.25) is 19.1 Å². The van der Waals surface area contributed by atoms with Gasteiger partial charge in [0, 0.05) is 45.5 Å². The molecule has 3 rings (SSSR count). The fraction of sp³-hybridized carbons (Fsp3) is 0.571. The van der Waals surface area contributed by atoms with Gasteiger partial charge in [0.25, 0.3) is 5.91 Å². The minimum atomic E-state index is -0.235. The Bertz CT molecular complexity index is 663. The van der Waals surface area contributed by atoms with Crippen LogP contribution in [-0.2, 0) is 13.1 Å². The molecule has 0 bridgehead atoms. The number of piperazine rings is 1. The van der Waals surface area contributed by atoms with Gasteiger partial charge in [-0.2, -0.15) is 5.10 Å². The van der Waals surface area contributed by atoms with Gasteiger partial charge < -0.3 is 10.6 Å². The van der Waals surface area contributed by atoms with Crippen molar-refractivity contribution in [3.8, 4) is 0 Å². The van der Waals surface area contributed by atoms with Gasteiger partial charge in [-0.05, 0) is 0 Å². The molecule has 3 heterocycles. The summed E-state index contributed by atoms with van der Waals surface area (Å²) >= 11 is 5.79. The van der Waals surface area contributed by atoms with Gasteiger partial charge >= 0.3 is 0 Å². The van der Waals surface area contributed by atoms with Crippen LogP contribution < -0.4 is 10.6 Å². The third kappa shape index (κ3) is 4.76. The highest BCUT2D eigenvalue weighted by molar-refractivity contribution is 6.30. The molecule has 0 spiro atoms. The van der Waals surface area contributed by atoms with Gasteiger partial charge in [0.1, 0.15) is 0 Å². The predicted molar refractivity (Wildman–Crippen MR) is 88.9 cm³/mol. The maximum atomic E-state index is 12.1. The standard InChI is InChI=1S/C14H21ClN8O/c15-12-9-18-22(10-12)6-3-17-14(24)13-11-23(20-19-13)8-7-21-4-1-16-2-5-21/h9-11,16H,1-8H2,(H,17,24). The Labute approximate surface area is 144 Å². The minimum Gasteiger partial charge on any atom is -0.349 e. The number of carbonyl (C=O) groups is 1. The van der Waals surface area contributed by atoms with Crippen LogP contribution in [0.3, 0.4) is 0 Å². The fourth-order valence-electron chi connectivity index (χ4n) is 2.53. The molecule has 0 atom stereocenters. The zero-order chi connectivity index (χ0) is 16.8. The summed E-state index contributed by atoms with van der Waals surface area (Å²) in [5, 5.41) is 18.7. The van der Waals surface area contributed by atoms with Crippen molar-refractivity contribution in [3.05, 3.63) is 29.3 Å². The average molecular weight is 353 g/mol. The number of nitrogens with zero attached hydrogens (tertiary/aromatic N) is 6. The number of halogens is 1. The first-order valence-corrected chi connectivity index (χ1v) is 8.38. The van der Waals surface area contributed by atoms with E-state index in [1.807, 2.05) is 0 Å². The van der Waals surface area contributed by atoms with Gasteiger partial charge in [-0.15, -0.1) is 5.10 Å². The average Bonchev–Trinajstić information content (AvgIpc) is 3.23. The van der Waals surface area contributed by atoms with E-state index in [0.717, 1.165) is 39.3 Å². The van der Waals surface area contributed by atoms with E-state index in [4.69, 9.17) is 11.6 Å². The van der Waals surface area contributed by atoms with E-state index >= 15 is 0 Å². The van der Waals surface area contributed by atoms with Crippen LogP contribution >= 0.6 is 11.6 Å². The number of hydrogen-bond donors (Lipinski definition) is 2. The summed E-state index contributed by atoms with van der Waals surface area (Å²) in [6, 6.07) is 0. The maximum Gasteiger partial charge on any atom is 0.273 e. The van der Waals surface area contributed by atoms with Crippen molar-refractivity contribution in [2.45, 2.75) is 13.1 Å². The Morgan fingerprint density at radius 2 is 2.04 bits per heavy atom. The molecule has 130 valence electrons. The predicted octanol–water partition coefficient (Wildman–Crippen LogP) is -0.537. The smallest absolute Gasteiger partial charge is 0.273 e. The lowest BCUT2D eigenvalue weighted by Gasteiger charge is -2.26. The molecule has 1 fully saturated rings. The highest BCUT2D eigenvalue weighted by Crippen LogP contribution is 2.03. The van der Waals surface area contributed by atoms with Crippen LogP contribution in [0.5, 0.6) is 0 Å². The largest absolute Gasteiger partial charge is 0.349 e. The number of amides is 1. The van der Waals surface area contributed by atoms with E-state index in [1.165, 1.54) is 0 Å². The molecule has 2 aromatic rings. The first-order valence-electron chi connectivity index (χ1n) is 8.00. The lowest BCUT2D eigenvalue weighted by molar-refractivity contribution is 0.0947. The van der Waals surface area contributed by atoms with Crippen LogP contribution in [0.2, 0.25) is 5.02 Å². The fourth-order valence-corrected chi connectivity index (χ4v) is 2.68. The molecule has 1 saturated heterocycles.